The van der Waals surface area contributed by atoms with Crippen molar-refractivity contribution in [2.45, 2.75) is 32.7 Å². The molecule has 1 saturated heterocycles. The predicted octanol–water partition coefficient (Wildman–Crippen LogP) is 4.21. The molecule has 5 nitrogen and oxygen atoms in total. The number of aryl methyl sites for hydroxylation is 2. The minimum Gasteiger partial charge on any atom is -0.493 e. The zero-order valence-electron chi connectivity index (χ0n) is 17.1. The zero-order valence-corrected chi connectivity index (χ0v) is 17.1. The SMILES string of the molecule is COc1ccc(C(c2ccc(C)cc2C)N2CCCC(C(=O)O)C2)cc1OC. The Kier molecular flexibility index (Phi) is 6.25. The maximum absolute atomic E-state index is 11.6. The Morgan fingerprint density at radius 2 is 1.86 bits per heavy atom. The van der Waals surface area contributed by atoms with Crippen molar-refractivity contribution < 1.29 is 19.4 Å². The largest absolute Gasteiger partial charge is 0.493 e. The summed E-state index contributed by atoms with van der Waals surface area (Å²) in [5.41, 5.74) is 4.70. The molecule has 2 aromatic carbocycles. The highest BCUT2D eigenvalue weighted by molar-refractivity contribution is 5.70. The summed E-state index contributed by atoms with van der Waals surface area (Å²) in [6.45, 7) is 5.62. The van der Waals surface area contributed by atoms with Crippen molar-refractivity contribution in [3.63, 3.8) is 0 Å². The first-order valence-electron chi connectivity index (χ1n) is 9.70. The Labute approximate surface area is 166 Å². The molecule has 5 heteroatoms. The van der Waals surface area contributed by atoms with Crippen LogP contribution in [-0.4, -0.2) is 43.3 Å². The fourth-order valence-electron chi connectivity index (χ4n) is 4.18. The van der Waals surface area contributed by atoms with Crippen LogP contribution in [0.2, 0.25) is 0 Å². The van der Waals surface area contributed by atoms with Crippen LogP contribution in [0.25, 0.3) is 0 Å². The number of hydrogen-bond acceptors (Lipinski definition) is 4. The Bertz CT molecular complexity index is 848. The molecule has 1 aliphatic rings. The highest BCUT2D eigenvalue weighted by Crippen LogP contribution is 2.38. The van der Waals surface area contributed by atoms with E-state index >= 15 is 0 Å². The summed E-state index contributed by atoms with van der Waals surface area (Å²) >= 11 is 0. The van der Waals surface area contributed by atoms with Crippen molar-refractivity contribution in [3.05, 3.63) is 58.7 Å². The number of ether oxygens (including phenoxy) is 2. The van der Waals surface area contributed by atoms with E-state index in [0.29, 0.717) is 18.0 Å². The highest BCUT2D eigenvalue weighted by atomic mass is 16.5. The number of carboxylic acids is 1. The summed E-state index contributed by atoms with van der Waals surface area (Å²) in [4.78, 5) is 13.9. The lowest BCUT2D eigenvalue weighted by molar-refractivity contribution is -0.143. The number of carboxylic acid groups (broad SMARTS) is 1. The van der Waals surface area contributed by atoms with Crippen molar-refractivity contribution in [3.8, 4) is 11.5 Å². The molecule has 0 aliphatic carbocycles. The van der Waals surface area contributed by atoms with Crippen molar-refractivity contribution in [2.75, 3.05) is 27.3 Å². The van der Waals surface area contributed by atoms with E-state index in [4.69, 9.17) is 9.47 Å². The number of nitrogens with zero attached hydrogens (tertiary/aromatic N) is 1. The molecule has 2 unspecified atom stereocenters. The van der Waals surface area contributed by atoms with Gasteiger partial charge in [-0.05, 0) is 62.1 Å². The van der Waals surface area contributed by atoms with Gasteiger partial charge in [-0.15, -0.1) is 0 Å². The molecule has 150 valence electrons. The predicted molar refractivity (Wildman–Crippen MR) is 109 cm³/mol. The lowest BCUT2D eigenvalue weighted by Crippen LogP contribution is -2.41. The molecule has 3 rings (SSSR count). The van der Waals surface area contributed by atoms with Crippen LogP contribution in [0.4, 0.5) is 0 Å². The summed E-state index contributed by atoms with van der Waals surface area (Å²) in [5, 5.41) is 9.56. The fourth-order valence-corrected chi connectivity index (χ4v) is 4.18. The molecule has 1 aliphatic heterocycles. The van der Waals surface area contributed by atoms with Gasteiger partial charge in [-0.2, -0.15) is 0 Å². The van der Waals surface area contributed by atoms with E-state index in [0.717, 1.165) is 24.9 Å². The highest BCUT2D eigenvalue weighted by Gasteiger charge is 2.32. The number of rotatable bonds is 6. The summed E-state index contributed by atoms with van der Waals surface area (Å²) in [6.07, 6.45) is 1.61. The van der Waals surface area contributed by atoms with E-state index in [1.54, 1.807) is 14.2 Å². The Morgan fingerprint density at radius 1 is 1.11 bits per heavy atom. The first-order valence-corrected chi connectivity index (χ1v) is 9.70. The molecule has 0 aromatic heterocycles. The lowest BCUT2D eigenvalue weighted by atomic mass is 9.89. The van der Waals surface area contributed by atoms with E-state index in [2.05, 4.69) is 43.0 Å². The lowest BCUT2D eigenvalue weighted by Gasteiger charge is -2.38. The van der Waals surface area contributed by atoms with Gasteiger partial charge in [0.15, 0.2) is 11.5 Å². The van der Waals surface area contributed by atoms with Crippen molar-refractivity contribution in [2.24, 2.45) is 5.92 Å². The number of piperidine rings is 1. The number of aliphatic carboxylic acids is 1. The van der Waals surface area contributed by atoms with Gasteiger partial charge < -0.3 is 14.6 Å². The first-order chi connectivity index (χ1) is 13.4. The van der Waals surface area contributed by atoms with Gasteiger partial charge in [0.1, 0.15) is 0 Å². The smallest absolute Gasteiger partial charge is 0.307 e. The first kappa shape index (κ1) is 20.2. The third-order valence-corrected chi connectivity index (χ3v) is 5.61. The second-order valence-electron chi connectivity index (χ2n) is 7.55. The number of carbonyl (C=O) groups is 1. The summed E-state index contributed by atoms with van der Waals surface area (Å²) in [6, 6.07) is 12.4. The number of benzene rings is 2. The van der Waals surface area contributed by atoms with E-state index < -0.39 is 5.97 Å². The quantitative estimate of drug-likeness (QED) is 0.810. The molecule has 0 spiro atoms. The van der Waals surface area contributed by atoms with Crippen LogP contribution in [0, 0.1) is 19.8 Å². The molecule has 2 aromatic rings. The molecule has 0 bridgehead atoms. The van der Waals surface area contributed by atoms with Crippen molar-refractivity contribution in [1.29, 1.82) is 0 Å². The fraction of sp³-hybridized carbons (Fsp3) is 0.435. The molecule has 0 saturated carbocycles. The van der Waals surface area contributed by atoms with Gasteiger partial charge >= 0.3 is 5.97 Å². The van der Waals surface area contributed by atoms with Crippen LogP contribution in [0.3, 0.4) is 0 Å². The molecular formula is C23H29NO4. The van der Waals surface area contributed by atoms with Gasteiger partial charge in [-0.1, -0.05) is 29.8 Å². The van der Waals surface area contributed by atoms with Gasteiger partial charge in [-0.25, -0.2) is 0 Å². The number of hydrogen-bond donors (Lipinski definition) is 1. The average Bonchev–Trinajstić information content (AvgIpc) is 2.69. The van der Waals surface area contributed by atoms with Crippen LogP contribution < -0.4 is 9.47 Å². The van der Waals surface area contributed by atoms with Gasteiger partial charge in [0.25, 0.3) is 0 Å². The van der Waals surface area contributed by atoms with Gasteiger partial charge in [0.2, 0.25) is 0 Å². The molecule has 1 N–H and O–H groups in total. The summed E-state index contributed by atoms with van der Waals surface area (Å²) < 4.78 is 10.9. The third kappa shape index (κ3) is 4.14. The van der Waals surface area contributed by atoms with Crippen LogP contribution in [0.1, 0.15) is 41.1 Å². The van der Waals surface area contributed by atoms with Gasteiger partial charge in [0, 0.05) is 6.54 Å². The van der Waals surface area contributed by atoms with E-state index in [1.165, 1.54) is 16.7 Å². The maximum Gasteiger partial charge on any atom is 0.307 e. The monoisotopic (exact) mass is 383 g/mol. The average molecular weight is 383 g/mol. The van der Waals surface area contributed by atoms with Gasteiger partial charge in [-0.3, -0.25) is 9.69 Å². The number of likely N-dealkylation sites (tertiary alicyclic amines) is 1. The minimum absolute atomic E-state index is 0.0254. The maximum atomic E-state index is 11.6. The molecule has 1 fully saturated rings. The second kappa shape index (κ2) is 8.65. The standard InChI is InChI=1S/C23H29NO4/c1-15-7-9-19(16(2)12-15)22(24-11-5-6-18(14-24)23(25)26)17-8-10-20(27-3)21(13-17)28-4/h7-10,12-13,18,22H,5-6,11,14H2,1-4H3,(H,25,26). The minimum atomic E-state index is -0.712. The molecular weight excluding hydrogens is 354 g/mol. The van der Waals surface area contributed by atoms with E-state index in [1.807, 2.05) is 12.1 Å². The van der Waals surface area contributed by atoms with Crippen molar-refractivity contribution >= 4 is 5.97 Å². The van der Waals surface area contributed by atoms with Crippen LogP contribution in [-0.2, 0) is 4.79 Å². The Balaban J connectivity index is 2.08. The molecule has 0 amide bonds. The summed E-state index contributed by atoms with van der Waals surface area (Å²) in [7, 11) is 3.26. The van der Waals surface area contributed by atoms with Crippen LogP contribution >= 0.6 is 0 Å². The second-order valence-corrected chi connectivity index (χ2v) is 7.55. The molecule has 0 radical (unpaired) electrons. The number of methoxy groups -OCH3 is 2. The third-order valence-electron chi connectivity index (χ3n) is 5.61. The van der Waals surface area contributed by atoms with Crippen LogP contribution in [0.15, 0.2) is 36.4 Å². The zero-order chi connectivity index (χ0) is 20.3. The molecule has 28 heavy (non-hydrogen) atoms. The Morgan fingerprint density at radius 3 is 2.50 bits per heavy atom. The van der Waals surface area contributed by atoms with E-state index in [-0.39, 0.29) is 12.0 Å². The summed E-state index contributed by atoms with van der Waals surface area (Å²) in [5.74, 6) is 0.327. The van der Waals surface area contributed by atoms with Gasteiger partial charge in [0.05, 0.1) is 26.2 Å². The van der Waals surface area contributed by atoms with Crippen molar-refractivity contribution in [1.82, 2.24) is 4.90 Å². The van der Waals surface area contributed by atoms with E-state index in [9.17, 15) is 9.90 Å². The normalized spacial score (nSPS) is 18.5. The topological polar surface area (TPSA) is 59.0 Å². The molecule has 1 heterocycles. The Hall–Kier alpha value is -2.53. The van der Waals surface area contributed by atoms with Crippen LogP contribution in [0.5, 0.6) is 11.5 Å². The molecule has 2 atom stereocenters.